The number of hydrogen-bond donors (Lipinski definition) is 1. The van der Waals surface area contributed by atoms with Crippen LogP contribution in [0.4, 0.5) is 17.1 Å². The molecule has 0 aliphatic rings. The molecule has 6 nitrogen and oxygen atoms in total. The van der Waals surface area contributed by atoms with Crippen molar-refractivity contribution in [3.63, 3.8) is 0 Å². The zero-order chi connectivity index (χ0) is 13.4. The number of anilines is 1. The fourth-order valence-electron chi connectivity index (χ4n) is 1.08. The van der Waals surface area contributed by atoms with Gasteiger partial charge in [-0.25, -0.2) is 0 Å². The SMILES string of the molecule is Nc1ccc(N=O)cc1.O=[N+]([O-])c1ccccc1. The fourth-order valence-corrected chi connectivity index (χ4v) is 1.08. The minimum absolute atomic E-state index is 0.137. The van der Waals surface area contributed by atoms with Crippen LogP contribution in [-0.2, 0) is 0 Å². The van der Waals surface area contributed by atoms with Crippen molar-refractivity contribution in [3.05, 3.63) is 69.6 Å². The lowest BCUT2D eigenvalue weighted by atomic mass is 10.3. The average molecular weight is 245 g/mol. The number of benzene rings is 2. The van der Waals surface area contributed by atoms with E-state index < -0.39 is 4.92 Å². The molecule has 0 saturated carbocycles. The van der Waals surface area contributed by atoms with Gasteiger partial charge in [0.1, 0.15) is 5.69 Å². The first-order chi connectivity index (χ1) is 8.63. The summed E-state index contributed by atoms with van der Waals surface area (Å²) in [7, 11) is 0. The van der Waals surface area contributed by atoms with Crippen LogP contribution in [0.25, 0.3) is 0 Å². The molecule has 6 heteroatoms. The summed E-state index contributed by atoms with van der Waals surface area (Å²) < 4.78 is 0. The van der Waals surface area contributed by atoms with Gasteiger partial charge in [-0.3, -0.25) is 10.1 Å². The molecule has 0 heterocycles. The smallest absolute Gasteiger partial charge is 0.269 e. The molecule has 92 valence electrons. The lowest BCUT2D eigenvalue weighted by molar-refractivity contribution is -0.384. The fraction of sp³-hybridized carbons (Fsp3) is 0. The molecule has 0 unspecified atom stereocenters. The quantitative estimate of drug-likeness (QED) is 0.380. The van der Waals surface area contributed by atoms with E-state index in [1.807, 2.05) is 0 Å². The summed E-state index contributed by atoms with van der Waals surface area (Å²) in [4.78, 5) is 19.4. The van der Waals surface area contributed by atoms with Gasteiger partial charge in [0.25, 0.3) is 5.69 Å². The number of hydrogen-bond acceptors (Lipinski definition) is 5. The van der Waals surface area contributed by atoms with Crippen LogP contribution in [0, 0.1) is 15.0 Å². The van der Waals surface area contributed by atoms with Crippen LogP contribution in [0.5, 0.6) is 0 Å². The van der Waals surface area contributed by atoms with Crippen molar-refractivity contribution in [3.8, 4) is 0 Å². The van der Waals surface area contributed by atoms with Crippen LogP contribution < -0.4 is 5.73 Å². The number of nitro benzene ring substituents is 1. The third-order valence-corrected chi connectivity index (χ3v) is 1.97. The van der Waals surface area contributed by atoms with Crippen molar-refractivity contribution in [1.82, 2.24) is 0 Å². The van der Waals surface area contributed by atoms with E-state index >= 15 is 0 Å². The predicted molar refractivity (Wildman–Crippen MR) is 69.4 cm³/mol. The number of nitroso groups, excluding NO2 is 1. The molecule has 0 atom stereocenters. The van der Waals surface area contributed by atoms with Crippen LogP contribution in [0.1, 0.15) is 0 Å². The number of nitrogen functional groups attached to an aromatic ring is 1. The maximum atomic E-state index is 10.0. The highest BCUT2D eigenvalue weighted by Gasteiger charge is 1.98. The van der Waals surface area contributed by atoms with Crippen LogP contribution in [-0.4, -0.2) is 4.92 Å². The van der Waals surface area contributed by atoms with Crippen molar-refractivity contribution in [2.45, 2.75) is 0 Å². The number of para-hydroxylation sites is 1. The summed E-state index contributed by atoms with van der Waals surface area (Å²) in [6, 6.07) is 14.3. The molecule has 2 rings (SSSR count). The topological polar surface area (TPSA) is 98.6 Å². The minimum atomic E-state index is -0.417. The molecule has 0 aromatic heterocycles. The van der Waals surface area contributed by atoms with Gasteiger partial charge in [0.15, 0.2) is 0 Å². The molecule has 0 radical (unpaired) electrons. The molecular weight excluding hydrogens is 234 g/mol. The maximum Gasteiger partial charge on any atom is 0.269 e. The van der Waals surface area contributed by atoms with E-state index in [9.17, 15) is 15.0 Å². The normalized spacial score (nSPS) is 8.89. The molecular formula is C12H11N3O3. The van der Waals surface area contributed by atoms with Gasteiger partial charge in [-0.05, 0) is 29.4 Å². The minimum Gasteiger partial charge on any atom is -0.399 e. The first-order valence-electron chi connectivity index (χ1n) is 5.02. The Balaban J connectivity index is 0.000000180. The number of nitrogens with zero attached hydrogens (tertiary/aromatic N) is 2. The molecule has 0 aliphatic heterocycles. The van der Waals surface area contributed by atoms with E-state index in [2.05, 4.69) is 5.18 Å². The predicted octanol–water partition coefficient (Wildman–Crippen LogP) is 3.26. The molecule has 0 amide bonds. The van der Waals surface area contributed by atoms with Gasteiger partial charge in [-0.1, -0.05) is 18.2 Å². The second kappa shape index (κ2) is 6.74. The van der Waals surface area contributed by atoms with Crippen molar-refractivity contribution in [1.29, 1.82) is 0 Å². The van der Waals surface area contributed by atoms with Gasteiger partial charge in [-0.2, -0.15) is 0 Å². The Bertz CT molecular complexity index is 512. The first-order valence-corrected chi connectivity index (χ1v) is 5.02. The molecule has 0 saturated heterocycles. The molecule has 0 aliphatic carbocycles. The number of non-ortho nitro benzene ring substituents is 1. The van der Waals surface area contributed by atoms with E-state index in [0.717, 1.165) is 0 Å². The summed E-state index contributed by atoms with van der Waals surface area (Å²) in [5.74, 6) is 0. The first kappa shape index (κ1) is 13.3. The molecule has 18 heavy (non-hydrogen) atoms. The van der Waals surface area contributed by atoms with Crippen molar-refractivity contribution in [2.75, 3.05) is 5.73 Å². The molecule has 2 aromatic carbocycles. The lowest BCUT2D eigenvalue weighted by Gasteiger charge is -1.88. The van der Waals surface area contributed by atoms with Gasteiger partial charge in [0, 0.05) is 17.8 Å². The summed E-state index contributed by atoms with van der Waals surface area (Å²) >= 11 is 0. The highest BCUT2D eigenvalue weighted by Crippen LogP contribution is 2.12. The molecule has 2 N–H and O–H groups in total. The van der Waals surface area contributed by atoms with Crippen LogP contribution >= 0.6 is 0 Å². The van der Waals surface area contributed by atoms with E-state index in [1.54, 1.807) is 42.5 Å². The molecule has 2 aromatic rings. The van der Waals surface area contributed by atoms with Crippen molar-refractivity contribution < 1.29 is 4.92 Å². The molecule has 0 bridgehead atoms. The Hall–Kier alpha value is -2.76. The summed E-state index contributed by atoms with van der Waals surface area (Å²) in [6.07, 6.45) is 0. The Morgan fingerprint density at radius 1 is 1.00 bits per heavy atom. The van der Waals surface area contributed by atoms with Crippen LogP contribution in [0.2, 0.25) is 0 Å². The van der Waals surface area contributed by atoms with E-state index in [4.69, 9.17) is 5.73 Å². The van der Waals surface area contributed by atoms with E-state index in [-0.39, 0.29) is 5.69 Å². The highest BCUT2D eigenvalue weighted by molar-refractivity contribution is 5.47. The molecule has 0 fully saturated rings. The second-order valence-corrected chi connectivity index (χ2v) is 3.28. The van der Waals surface area contributed by atoms with Gasteiger partial charge in [-0.15, -0.1) is 4.91 Å². The summed E-state index contributed by atoms with van der Waals surface area (Å²) in [5, 5.41) is 12.7. The number of nitro groups is 1. The van der Waals surface area contributed by atoms with Crippen LogP contribution in [0.15, 0.2) is 59.8 Å². The average Bonchev–Trinajstić information content (AvgIpc) is 2.41. The van der Waals surface area contributed by atoms with Gasteiger partial charge in [0.05, 0.1) is 4.92 Å². The van der Waals surface area contributed by atoms with Crippen LogP contribution in [0.3, 0.4) is 0 Å². The largest absolute Gasteiger partial charge is 0.399 e. The lowest BCUT2D eigenvalue weighted by Crippen LogP contribution is -1.84. The van der Waals surface area contributed by atoms with Gasteiger partial charge in [0.2, 0.25) is 0 Å². The Labute approximate surface area is 103 Å². The van der Waals surface area contributed by atoms with Gasteiger partial charge < -0.3 is 5.73 Å². The van der Waals surface area contributed by atoms with Crippen molar-refractivity contribution in [2.24, 2.45) is 5.18 Å². The monoisotopic (exact) mass is 245 g/mol. The third kappa shape index (κ3) is 4.40. The third-order valence-electron chi connectivity index (χ3n) is 1.97. The Kier molecular flexibility index (Phi) is 4.98. The molecule has 0 spiro atoms. The zero-order valence-electron chi connectivity index (χ0n) is 9.39. The zero-order valence-corrected chi connectivity index (χ0v) is 9.39. The Morgan fingerprint density at radius 3 is 1.94 bits per heavy atom. The van der Waals surface area contributed by atoms with Gasteiger partial charge >= 0.3 is 0 Å². The second-order valence-electron chi connectivity index (χ2n) is 3.28. The summed E-state index contributed by atoms with van der Waals surface area (Å²) in [5.41, 5.74) is 6.52. The standard InChI is InChI=1S/C6H6N2O.C6H5NO2/c7-5-1-3-6(8-9)4-2-5;8-7(9)6-4-2-1-3-5-6/h1-4H,7H2;1-5H. The summed E-state index contributed by atoms with van der Waals surface area (Å²) in [6.45, 7) is 0. The maximum absolute atomic E-state index is 10.0. The Morgan fingerprint density at radius 2 is 1.56 bits per heavy atom. The number of rotatable bonds is 2. The van der Waals surface area contributed by atoms with Crippen molar-refractivity contribution >= 4 is 17.1 Å². The number of nitrogens with two attached hydrogens (primary N) is 1. The highest BCUT2D eigenvalue weighted by atomic mass is 16.6. The van der Waals surface area contributed by atoms with E-state index in [1.165, 1.54) is 12.1 Å². The van der Waals surface area contributed by atoms with E-state index in [0.29, 0.717) is 11.4 Å².